The molecule has 4 saturated carbocycles. The van der Waals surface area contributed by atoms with Crippen molar-refractivity contribution >= 4 is 11.9 Å². The Bertz CT molecular complexity index is 2200. The molecule has 0 radical (unpaired) electrons. The van der Waals surface area contributed by atoms with E-state index in [1.54, 1.807) is 0 Å². The number of carboxylic acids is 1. The summed E-state index contributed by atoms with van der Waals surface area (Å²) in [6.45, 7) is 12.9. The number of allylic oxidation sites excluding steroid dienone is 2. The van der Waals surface area contributed by atoms with E-state index in [2.05, 4.69) is 40.7 Å². The van der Waals surface area contributed by atoms with Crippen LogP contribution in [-0.2, 0) is 47.5 Å². The molecule has 4 aliphatic heterocycles. The van der Waals surface area contributed by atoms with Gasteiger partial charge in [-0.1, -0.05) is 53.2 Å². The minimum atomic E-state index is -2.11. The Morgan fingerprint density at radius 2 is 1.15 bits per heavy atom. The minimum absolute atomic E-state index is 0.0366. The summed E-state index contributed by atoms with van der Waals surface area (Å²) in [6.07, 6.45) is -27.7. The monoisotopic (exact) mass is 1120 g/mol. The highest BCUT2D eigenvalue weighted by atomic mass is 16.8. The predicted molar refractivity (Wildman–Crippen MR) is 263 cm³/mol. The molecule has 14 N–H and O–H groups in total. The van der Waals surface area contributed by atoms with Gasteiger partial charge in [0.05, 0.1) is 30.8 Å². The lowest BCUT2D eigenvalue weighted by Crippen LogP contribution is -2.68. The fourth-order valence-corrected chi connectivity index (χ4v) is 16.5. The number of rotatable bonds is 12. The van der Waals surface area contributed by atoms with Gasteiger partial charge in [0.1, 0.15) is 85.5 Å². The predicted octanol–water partition coefficient (Wildman–Crippen LogP) is -1.94. The summed E-state index contributed by atoms with van der Waals surface area (Å²) in [4.78, 5) is 27.7. The summed E-state index contributed by atoms with van der Waals surface area (Å²) in [6, 6.07) is 0. The minimum Gasteiger partial charge on any atom is -0.479 e. The van der Waals surface area contributed by atoms with Crippen LogP contribution in [0.15, 0.2) is 11.6 Å². The van der Waals surface area contributed by atoms with Crippen LogP contribution in [0.4, 0.5) is 0 Å². The fourth-order valence-electron chi connectivity index (χ4n) is 16.5. The van der Waals surface area contributed by atoms with Crippen molar-refractivity contribution < 1.29 is 119 Å². The number of hydrogen-bond acceptors (Lipinski definition) is 23. The topological polar surface area (TPSA) is 391 Å². The zero-order valence-electron chi connectivity index (χ0n) is 45.5. The molecule has 0 unspecified atom stereocenters. The molecule has 29 atom stereocenters. The number of carbonyl (C=O) groups excluding carboxylic acids is 1. The van der Waals surface area contributed by atoms with Crippen LogP contribution in [0.5, 0.6) is 0 Å². The van der Waals surface area contributed by atoms with Crippen molar-refractivity contribution in [2.45, 2.75) is 242 Å². The third-order valence-electron chi connectivity index (χ3n) is 21.6. The van der Waals surface area contributed by atoms with E-state index in [-0.39, 0.29) is 35.2 Å². The summed E-state index contributed by atoms with van der Waals surface area (Å²) in [5.74, 6) is -2.56. The van der Waals surface area contributed by atoms with E-state index in [4.69, 9.17) is 37.9 Å². The zero-order chi connectivity index (χ0) is 57.1. The standard InChI is InChI=1S/C54H86O24/c1-22-30(58)33(61)36(64)44(71-22)75-40-39(67)41(43(68)69)76-47(42(40)77-45-37(65)34(62)31(59)25(19-55)72-45)74-29-11-12-51(5)27(49(29,2)3)10-13-53(7)28(51)9-8-23-24-18-50(4,21-57)14-16-54(24,17-15-52(23,53)6)48(70)78-46-38(66)35(63)32(60)26(20-56)73-46/h8,22,24-42,44-47,55-67H,9-21H2,1-7H3,(H,68,69)/t22-,24-,25+,26+,27-,28+,29-,30-,31+,32+,33+,34-,35-,36+,37+,38+,39-,40-,41-,42+,44-,45-,46-,47+,50-,51-,52+,53+,54-/m0/s1. The number of aliphatic hydroxyl groups excluding tert-OH is 13. The van der Waals surface area contributed by atoms with Gasteiger partial charge in [0.15, 0.2) is 25.0 Å². The first-order chi connectivity index (χ1) is 36.5. The molecule has 5 aliphatic carbocycles. The van der Waals surface area contributed by atoms with E-state index in [0.29, 0.717) is 57.8 Å². The quantitative estimate of drug-likeness (QED) is 0.0574. The number of hydrogen-bond donors (Lipinski definition) is 14. The molecule has 0 bridgehead atoms. The summed E-state index contributed by atoms with van der Waals surface area (Å²) < 4.78 is 48.4. The van der Waals surface area contributed by atoms with E-state index in [0.717, 1.165) is 12.0 Å². The van der Waals surface area contributed by atoms with E-state index in [1.165, 1.54) is 6.92 Å². The largest absolute Gasteiger partial charge is 0.479 e. The van der Waals surface area contributed by atoms with Gasteiger partial charge in [-0.3, -0.25) is 4.79 Å². The van der Waals surface area contributed by atoms with Crippen molar-refractivity contribution in [1.82, 2.24) is 0 Å². The number of ether oxygens (including phenoxy) is 8. The van der Waals surface area contributed by atoms with Crippen molar-refractivity contribution in [3.8, 4) is 0 Å². The number of carbonyl (C=O) groups is 2. The van der Waals surface area contributed by atoms with Crippen LogP contribution in [0.25, 0.3) is 0 Å². The molecule has 24 nitrogen and oxygen atoms in total. The number of carboxylic acid groups (broad SMARTS) is 1. The number of fused-ring (bicyclic) bond motifs is 7. The highest BCUT2D eigenvalue weighted by Crippen LogP contribution is 2.76. The van der Waals surface area contributed by atoms with Crippen LogP contribution in [0.1, 0.15) is 113 Å². The molecule has 4 heterocycles. The van der Waals surface area contributed by atoms with Crippen LogP contribution in [0.3, 0.4) is 0 Å². The average Bonchev–Trinajstić information content (AvgIpc) is 2.82. The SMILES string of the molecule is C[C@@H]1O[C@@H](O[C@H]2[C@H](O)[C@@H](C(=O)O)O[C@@H](O[C@H]3CC[C@]4(C)[C@H]5CC=C6[C@@H]7C[C@@](C)(CO)CC[C@]7(C(=O)O[C@@H]7O[C@H](CO)[C@@H](O)[C@H](O)[C@H]7O)CC[C@@]6(C)[C@]5(C)CC[C@H]4C3(C)C)[C@@H]2O[C@@H]2O[C@H](CO)[C@@H](O)[C@H](O)[C@H]2O)[C@H](O)[C@H](O)[C@H]1O. The molecule has 24 heteroatoms. The third-order valence-corrected chi connectivity index (χ3v) is 21.6. The average molecular weight is 1120 g/mol. The van der Waals surface area contributed by atoms with Crippen LogP contribution in [0.2, 0.25) is 0 Å². The molecule has 0 aromatic heterocycles. The first-order valence-corrected chi connectivity index (χ1v) is 27.8. The second-order valence-electron chi connectivity index (χ2n) is 26.1. The Labute approximate surface area is 453 Å². The van der Waals surface area contributed by atoms with Gasteiger partial charge in [-0.05, 0) is 116 Å². The first kappa shape index (κ1) is 60.5. The van der Waals surface area contributed by atoms with Crippen molar-refractivity contribution in [3.63, 3.8) is 0 Å². The Morgan fingerprint density at radius 3 is 1.76 bits per heavy atom. The maximum atomic E-state index is 14.8. The maximum Gasteiger partial charge on any atom is 0.335 e. The fraction of sp³-hybridized carbons (Fsp3) is 0.926. The van der Waals surface area contributed by atoms with E-state index in [1.807, 2.05) is 6.92 Å². The molecule has 0 spiro atoms. The Hall–Kier alpha value is -2.12. The lowest BCUT2D eigenvalue weighted by Gasteiger charge is -2.71. The smallest absolute Gasteiger partial charge is 0.335 e. The van der Waals surface area contributed by atoms with Gasteiger partial charge in [0, 0.05) is 6.61 Å². The molecular formula is C54H86O24. The van der Waals surface area contributed by atoms with Crippen molar-refractivity contribution in [1.29, 1.82) is 0 Å². The Balaban J connectivity index is 1.01. The molecule has 4 saturated heterocycles. The molecule has 9 aliphatic rings. The molecule has 0 aromatic carbocycles. The first-order valence-electron chi connectivity index (χ1n) is 27.8. The van der Waals surface area contributed by atoms with Crippen LogP contribution < -0.4 is 0 Å². The summed E-state index contributed by atoms with van der Waals surface area (Å²) in [7, 11) is 0. The van der Waals surface area contributed by atoms with Gasteiger partial charge in [0.2, 0.25) is 6.29 Å². The summed E-state index contributed by atoms with van der Waals surface area (Å²) >= 11 is 0. The second kappa shape index (κ2) is 21.8. The molecule has 78 heavy (non-hydrogen) atoms. The number of aliphatic hydroxyl groups is 13. The maximum absolute atomic E-state index is 14.8. The van der Waals surface area contributed by atoms with Gasteiger partial charge < -0.3 is 109 Å². The van der Waals surface area contributed by atoms with Crippen LogP contribution in [-0.4, -0.2) is 232 Å². The van der Waals surface area contributed by atoms with Gasteiger partial charge in [-0.25, -0.2) is 4.79 Å². The molecule has 8 fully saturated rings. The van der Waals surface area contributed by atoms with Crippen molar-refractivity contribution in [2.75, 3.05) is 19.8 Å². The highest BCUT2D eigenvalue weighted by Gasteiger charge is 2.71. The second-order valence-corrected chi connectivity index (χ2v) is 26.1. The van der Waals surface area contributed by atoms with Crippen molar-refractivity contribution in [3.05, 3.63) is 11.6 Å². The summed E-state index contributed by atoms with van der Waals surface area (Å²) in [5, 5.41) is 150. The van der Waals surface area contributed by atoms with Gasteiger partial charge in [0.25, 0.3) is 0 Å². The van der Waals surface area contributed by atoms with Crippen molar-refractivity contribution in [2.24, 2.45) is 50.2 Å². The van der Waals surface area contributed by atoms with E-state index >= 15 is 0 Å². The summed E-state index contributed by atoms with van der Waals surface area (Å²) in [5.41, 5.74) is -2.29. The number of esters is 1. The molecule has 0 aromatic rings. The van der Waals surface area contributed by atoms with Gasteiger partial charge in [-0.2, -0.15) is 0 Å². The Morgan fingerprint density at radius 1 is 0.590 bits per heavy atom. The molecular weight excluding hydrogens is 1030 g/mol. The molecule has 0 amide bonds. The van der Waals surface area contributed by atoms with Gasteiger partial charge in [-0.15, -0.1) is 0 Å². The van der Waals surface area contributed by atoms with E-state index in [9.17, 15) is 81.1 Å². The molecule has 9 rings (SSSR count). The Kier molecular flexibility index (Phi) is 16.9. The third kappa shape index (κ3) is 9.63. The van der Waals surface area contributed by atoms with Crippen LogP contribution >= 0.6 is 0 Å². The lowest BCUT2D eigenvalue weighted by atomic mass is 9.33. The lowest BCUT2D eigenvalue weighted by molar-refractivity contribution is -0.395. The number of aliphatic carboxylic acids is 1. The highest BCUT2D eigenvalue weighted by molar-refractivity contribution is 5.79. The van der Waals surface area contributed by atoms with E-state index < -0.39 is 176 Å². The molecule has 446 valence electrons. The zero-order valence-corrected chi connectivity index (χ0v) is 45.5. The normalized spacial score (nSPS) is 54.1. The van der Waals surface area contributed by atoms with Gasteiger partial charge >= 0.3 is 11.9 Å². The van der Waals surface area contributed by atoms with Crippen LogP contribution in [0, 0.1) is 50.2 Å².